The van der Waals surface area contributed by atoms with Crippen molar-refractivity contribution < 1.29 is 14.3 Å². The Morgan fingerprint density at radius 2 is 1.96 bits per heavy atom. The lowest BCUT2D eigenvalue weighted by molar-refractivity contribution is -0.116. The molecule has 2 aromatic heterocycles. The molecular weight excluding hydrogens is 374 g/mol. The van der Waals surface area contributed by atoms with Crippen molar-refractivity contribution in [2.24, 2.45) is 0 Å². The first kappa shape index (κ1) is 19.6. The van der Waals surface area contributed by atoms with Gasteiger partial charge in [-0.1, -0.05) is 6.07 Å². The molecule has 0 aliphatic rings. The fourth-order valence-corrected chi connectivity index (χ4v) is 3.06. The highest BCUT2D eigenvalue weighted by atomic mass is 32.1. The number of carbonyl (C=O) groups is 2. The average molecular weight is 395 g/mol. The van der Waals surface area contributed by atoms with Gasteiger partial charge in [0.05, 0.1) is 11.9 Å². The Balaban J connectivity index is 1.46. The van der Waals surface area contributed by atoms with Crippen LogP contribution in [0.15, 0.2) is 53.4 Å². The van der Waals surface area contributed by atoms with Crippen LogP contribution in [0.4, 0.5) is 5.69 Å². The zero-order valence-corrected chi connectivity index (χ0v) is 16.5. The van der Waals surface area contributed by atoms with E-state index >= 15 is 0 Å². The minimum absolute atomic E-state index is 0.177. The second kappa shape index (κ2) is 9.14. The van der Waals surface area contributed by atoms with Crippen LogP contribution >= 0.6 is 11.3 Å². The van der Waals surface area contributed by atoms with Crippen molar-refractivity contribution in [1.82, 2.24) is 10.3 Å². The van der Waals surface area contributed by atoms with E-state index in [1.807, 2.05) is 37.4 Å². The summed E-state index contributed by atoms with van der Waals surface area (Å²) < 4.78 is 5.73. The highest BCUT2D eigenvalue weighted by Crippen LogP contribution is 2.23. The maximum absolute atomic E-state index is 12.0. The van der Waals surface area contributed by atoms with Crippen molar-refractivity contribution in [3.63, 3.8) is 0 Å². The molecule has 0 saturated heterocycles. The summed E-state index contributed by atoms with van der Waals surface area (Å²) >= 11 is 1.45. The second-order valence-corrected chi connectivity index (χ2v) is 7.08. The molecule has 0 saturated carbocycles. The van der Waals surface area contributed by atoms with E-state index in [-0.39, 0.29) is 24.8 Å². The quantitative estimate of drug-likeness (QED) is 0.625. The van der Waals surface area contributed by atoms with Crippen LogP contribution in [-0.2, 0) is 4.79 Å². The third-order valence-corrected chi connectivity index (χ3v) is 4.83. The van der Waals surface area contributed by atoms with Crippen molar-refractivity contribution in [3.8, 4) is 11.6 Å². The van der Waals surface area contributed by atoms with Crippen LogP contribution in [0, 0.1) is 13.8 Å². The van der Waals surface area contributed by atoms with Crippen LogP contribution in [0.25, 0.3) is 0 Å². The Hall–Kier alpha value is -3.19. The standard InChI is InChI=1S/C21H21N3O3S/c1-14-3-5-18(11-15(14)2)27-20-6-4-17(12-23-20)24-19(25)7-9-22-21(26)16-8-10-28-13-16/h3-6,8,10-13H,7,9H2,1-2H3,(H,22,26)(H,24,25). The van der Waals surface area contributed by atoms with Gasteiger partial charge in [-0.2, -0.15) is 11.3 Å². The van der Waals surface area contributed by atoms with Crippen LogP contribution in [0.3, 0.4) is 0 Å². The molecule has 2 heterocycles. The van der Waals surface area contributed by atoms with E-state index in [0.29, 0.717) is 22.9 Å². The lowest BCUT2D eigenvalue weighted by Gasteiger charge is -2.09. The Kier molecular flexibility index (Phi) is 6.39. The number of benzene rings is 1. The van der Waals surface area contributed by atoms with Gasteiger partial charge in [0.2, 0.25) is 11.8 Å². The van der Waals surface area contributed by atoms with Crippen molar-refractivity contribution in [2.75, 3.05) is 11.9 Å². The van der Waals surface area contributed by atoms with Gasteiger partial charge in [-0.15, -0.1) is 0 Å². The second-order valence-electron chi connectivity index (χ2n) is 6.30. The number of ether oxygens (including phenoxy) is 1. The highest BCUT2D eigenvalue weighted by Gasteiger charge is 2.08. The van der Waals surface area contributed by atoms with Crippen LogP contribution in [0.1, 0.15) is 27.9 Å². The van der Waals surface area contributed by atoms with Crippen molar-refractivity contribution in [2.45, 2.75) is 20.3 Å². The van der Waals surface area contributed by atoms with Gasteiger partial charge >= 0.3 is 0 Å². The van der Waals surface area contributed by atoms with E-state index < -0.39 is 0 Å². The fraction of sp³-hybridized carbons (Fsp3) is 0.190. The molecule has 0 bridgehead atoms. The molecule has 3 aromatic rings. The monoisotopic (exact) mass is 395 g/mol. The molecule has 3 rings (SSSR count). The molecule has 0 aliphatic carbocycles. The molecule has 2 amide bonds. The van der Waals surface area contributed by atoms with Gasteiger partial charge in [0.25, 0.3) is 5.91 Å². The van der Waals surface area contributed by atoms with Gasteiger partial charge in [-0.05, 0) is 54.6 Å². The first-order chi connectivity index (χ1) is 13.5. The summed E-state index contributed by atoms with van der Waals surface area (Å²) in [6.07, 6.45) is 1.72. The number of aryl methyl sites for hydroxylation is 2. The molecule has 0 aliphatic heterocycles. The van der Waals surface area contributed by atoms with E-state index in [1.165, 1.54) is 23.1 Å². The van der Waals surface area contributed by atoms with Crippen molar-refractivity contribution >= 4 is 28.8 Å². The SMILES string of the molecule is Cc1ccc(Oc2ccc(NC(=O)CCNC(=O)c3ccsc3)cn2)cc1C. The molecule has 2 N–H and O–H groups in total. The Morgan fingerprint density at radius 3 is 2.64 bits per heavy atom. The molecule has 0 unspecified atom stereocenters. The number of nitrogens with zero attached hydrogens (tertiary/aromatic N) is 1. The number of hydrogen-bond donors (Lipinski definition) is 2. The van der Waals surface area contributed by atoms with Gasteiger partial charge in [-0.3, -0.25) is 9.59 Å². The Labute approximate surface area is 167 Å². The summed E-state index contributed by atoms with van der Waals surface area (Å²) in [5.41, 5.74) is 3.52. The number of carbonyl (C=O) groups excluding carboxylic acids is 2. The van der Waals surface area contributed by atoms with Gasteiger partial charge in [0, 0.05) is 30.0 Å². The van der Waals surface area contributed by atoms with Gasteiger partial charge in [-0.25, -0.2) is 4.98 Å². The largest absolute Gasteiger partial charge is 0.439 e. The summed E-state index contributed by atoms with van der Waals surface area (Å²) in [4.78, 5) is 28.0. The van der Waals surface area contributed by atoms with E-state index in [9.17, 15) is 9.59 Å². The number of hydrogen-bond acceptors (Lipinski definition) is 5. The van der Waals surface area contributed by atoms with Crippen LogP contribution in [0.2, 0.25) is 0 Å². The molecular formula is C21H21N3O3S. The third-order valence-electron chi connectivity index (χ3n) is 4.14. The Morgan fingerprint density at radius 1 is 1.11 bits per heavy atom. The van der Waals surface area contributed by atoms with Gasteiger partial charge in [0.1, 0.15) is 5.75 Å². The lowest BCUT2D eigenvalue weighted by Crippen LogP contribution is -2.27. The molecule has 0 atom stereocenters. The molecule has 0 radical (unpaired) electrons. The lowest BCUT2D eigenvalue weighted by atomic mass is 10.1. The van der Waals surface area contributed by atoms with Crippen molar-refractivity contribution in [3.05, 3.63) is 70.0 Å². The number of rotatable bonds is 7. The van der Waals surface area contributed by atoms with E-state index in [4.69, 9.17) is 4.74 Å². The number of anilines is 1. The number of aromatic nitrogens is 1. The highest BCUT2D eigenvalue weighted by molar-refractivity contribution is 7.08. The van der Waals surface area contributed by atoms with E-state index in [0.717, 1.165) is 5.56 Å². The molecule has 0 fully saturated rings. The number of thiophene rings is 1. The van der Waals surface area contributed by atoms with E-state index in [1.54, 1.807) is 23.6 Å². The zero-order valence-electron chi connectivity index (χ0n) is 15.7. The molecule has 144 valence electrons. The number of nitrogens with one attached hydrogen (secondary N) is 2. The van der Waals surface area contributed by atoms with Gasteiger partial charge < -0.3 is 15.4 Å². The summed E-state index contributed by atoms with van der Waals surface area (Å²) in [5.74, 6) is 0.789. The predicted molar refractivity (Wildman–Crippen MR) is 110 cm³/mol. The van der Waals surface area contributed by atoms with Crippen LogP contribution in [0.5, 0.6) is 11.6 Å². The first-order valence-corrected chi connectivity index (χ1v) is 9.77. The topological polar surface area (TPSA) is 80.3 Å². The minimum Gasteiger partial charge on any atom is -0.439 e. The summed E-state index contributed by atoms with van der Waals surface area (Å²) in [5, 5.41) is 9.07. The molecule has 0 spiro atoms. The molecule has 7 heteroatoms. The van der Waals surface area contributed by atoms with Gasteiger partial charge in [0.15, 0.2) is 0 Å². The molecule has 6 nitrogen and oxygen atoms in total. The summed E-state index contributed by atoms with van der Waals surface area (Å²) in [7, 11) is 0. The summed E-state index contributed by atoms with van der Waals surface area (Å²) in [6, 6.07) is 11.0. The van der Waals surface area contributed by atoms with E-state index in [2.05, 4.69) is 15.6 Å². The number of amides is 2. The molecule has 28 heavy (non-hydrogen) atoms. The normalized spacial score (nSPS) is 10.4. The zero-order chi connectivity index (χ0) is 19.9. The van der Waals surface area contributed by atoms with Crippen molar-refractivity contribution in [1.29, 1.82) is 0 Å². The predicted octanol–water partition coefficient (Wildman–Crippen LogP) is 4.31. The Bertz CT molecular complexity index is 954. The summed E-state index contributed by atoms with van der Waals surface area (Å²) in [6.45, 7) is 4.33. The minimum atomic E-state index is -0.199. The third kappa shape index (κ3) is 5.40. The molecule has 1 aromatic carbocycles. The maximum atomic E-state index is 12.0. The first-order valence-electron chi connectivity index (χ1n) is 8.82. The fourth-order valence-electron chi connectivity index (χ4n) is 2.42. The van der Waals surface area contributed by atoms with Crippen LogP contribution in [-0.4, -0.2) is 23.3 Å². The average Bonchev–Trinajstić information content (AvgIpc) is 3.21. The smallest absolute Gasteiger partial charge is 0.252 e. The maximum Gasteiger partial charge on any atom is 0.252 e. The van der Waals surface area contributed by atoms with Crippen LogP contribution < -0.4 is 15.4 Å². The number of pyridine rings is 1.